The molecule has 0 saturated heterocycles. The van der Waals surface area contributed by atoms with Crippen LogP contribution >= 0.6 is 0 Å². The van der Waals surface area contributed by atoms with Gasteiger partial charge in [-0.15, -0.1) is 0 Å². The van der Waals surface area contributed by atoms with Gasteiger partial charge in [-0.3, -0.25) is 8.37 Å². The Hall–Kier alpha value is -1.74. The monoisotopic (exact) mass is 426 g/mol. The van der Waals surface area contributed by atoms with Gasteiger partial charge in [0.2, 0.25) is 0 Å². The highest BCUT2D eigenvalue weighted by molar-refractivity contribution is 7.87. The molecule has 0 amide bonds. The van der Waals surface area contributed by atoms with E-state index in [0.29, 0.717) is 6.42 Å². The van der Waals surface area contributed by atoms with Crippen molar-refractivity contribution in [1.82, 2.24) is 0 Å². The number of benzene rings is 2. The van der Waals surface area contributed by atoms with Crippen LogP contribution in [0.2, 0.25) is 0 Å². The molecule has 0 bridgehead atoms. The molecule has 0 aliphatic rings. The lowest BCUT2D eigenvalue weighted by Crippen LogP contribution is -2.13. The molecule has 0 atom stereocenters. The molecular weight excluding hydrogens is 400 g/mol. The molecule has 0 aliphatic carbocycles. The van der Waals surface area contributed by atoms with Crippen molar-refractivity contribution in [2.24, 2.45) is 0 Å². The van der Waals surface area contributed by atoms with Crippen LogP contribution in [0.4, 0.5) is 0 Å². The Balaban J connectivity index is 2.21. The molecule has 0 saturated carbocycles. The molecule has 2 aromatic rings. The molecule has 8 heteroatoms. The van der Waals surface area contributed by atoms with Crippen LogP contribution in [0.25, 0.3) is 0 Å². The SMILES string of the molecule is CCCCCOS(=O)(=O)c1ccc(C)cc1COS(=O)(=O)c1ccc(C)cc1. The number of unbranched alkanes of at least 4 members (excludes halogenated alkanes) is 2. The molecule has 2 aromatic carbocycles. The highest BCUT2D eigenvalue weighted by Gasteiger charge is 2.22. The van der Waals surface area contributed by atoms with Gasteiger partial charge in [0, 0.05) is 5.56 Å². The number of aryl methyl sites for hydroxylation is 2. The maximum atomic E-state index is 12.5. The van der Waals surface area contributed by atoms with E-state index < -0.39 is 26.8 Å². The third kappa shape index (κ3) is 6.13. The number of hydrogen-bond donors (Lipinski definition) is 0. The summed E-state index contributed by atoms with van der Waals surface area (Å²) in [5.74, 6) is 0. The van der Waals surface area contributed by atoms with Crippen molar-refractivity contribution in [1.29, 1.82) is 0 Å². The van der Waals surface area contributed by atoms with E-state index in [1.807, 2.05) is 13.8 Å². The second-order valence-electron chi connectivity index (χ2n) is 6.62. The first kappa shape index (κ1) is 22.5. The van der Waals surface area contributed by atoms with Crippen LogP contribution in [0.5, 0.6) is 0 Å². The quantitative estimate of drug-likeness (QED) is 0.420. The summed E-state index contributed by atoms with van der Waals surface area (Å²) in [6, 6.07) is 10.9. The Morgan fingerprint density at radius 3 is 2.07 bits per heavy atom. The predicted octanol–water partition coefficient (Wildman–Crippen LogP) is 4.10. The van der Waals surface area contributed by atoms with Crippen molar-refractivity contribution < 1.29 is 25.2 Å². The van der Waals surface area contributed by atoms with Crippen molar-refractivity contribution in [3.8, 4) is 0 Å². The molecule has 2 rings (SSSR count). The van der Waals surface area contributed by atoms with E-state index in [1.54, 1.807) is 31.2 Å². The summed E-state index contributed by atoms with van der Waals surface area (Å²) in [5.41, 5.74) is 1.95. The second-order valence-corrected chi connectivity index (χ2v) is 9.82. The minimum atomic E-state index is -4.01. The zero-order chi connectivity index (χ0) is 20.8. The molecule has 0 aromatic heterocycles. The Morgan fingerprint density at radius 1 is 0.786 bits per heavy atom. The third-order valence-corrected chi connectivity index (χ3v) is 6.84. The normalized spacial score (nSPS) is 12.2. The van der Waals surface area contributed by atoms with Gasteiger partial charge in [-0.1, -0.05) is 55.2 Å². The smallest absolute Gasteiger partial charge is 0.266 e. The molecular formula is C20H26O6S2. The van der Waals surface area contributed by atoms with Crippen LogP contribution in [0, 0.1) is 13.8 Å². The van der Waals surface area contributed by atoms with E-state index in [-0.39, 0.29) is 22.0 Å². The van der Waals surface area contributed by atoms with Crippen molar-refractivity contribution in [3.63, 3.8) is 0 Å². The van der Waals surface area contributed by atoms with Gasteiger partial charge >= 0.3 is 0 Å². The van der Waals surface area contributed by atoms with E-state index in [1.165, 1.54) is 18.2 Å². The molecule has 0 unspecified atom stereocenters. The highest BCUT2D eigenvalue weighted by atomic mass is 32.2. The van der Waals surface area contributed by atoms with Crippen LogP contribution < -0.4 is 0 Å². The van der Waals surface area contributed by atoms with Gasteiger partial charge in [0.25, 0.3) is 20.2 Å². The zero-order valence-corrected chi connectivity index (χ0v) is 18.0. The largest absolute Gasteiger partial charge is 0.297 e. The van der Waals surface area contributed by atoms with Gasteiger partial charge in [-0.25, -0.2) is 0 Å². The summed E-state index contributed by atoms with van der Waals surface area (Å²) in [7, 11) is -8.01. The molecule has 0 fully saturated rings. The fourth-order valence-corrected chi connectivity index (χ4v) is 4.59. The first-order valence-electron chi connectivity index (χ1n) is 9.11. The fourth-order valence-electron chi connectivity index (χ4n) is 2.56. The summed E-state index contributed by atoms with van der Waals surface area (Å²) >= 11 is 0. The molecule has 28 heavy (non-hydrogen) atoms. The van der Waals surface area contributed by atoms with Crippen molar-refractivity contribution in [3.05, 3.63) is 59.2 Å². The fraction of sp³-hybridized carbons (Fsp3) is 0.400. The first-order valence-corrected chi connectivity index (χ1v) is 11.9. The van der Waals surface area contributed by atoms with Gasteiger partial charge in [-0.05, 0) is 38.5 Å². The first-order chi connectivity index (χ1) is 13.2. The van der Waals surface area contributed by atoms with Gasteiger partial charge in [0.15, 0.2) is 0 Å². The second kappa shape index (κ2) is 9.65. The molecule has 0 aliphatic heterocycles. The molecule has 154 valence electrons. The highest BCUT2D eigenvalue weighted by Crippen LogP contribution is 2.23. The Bertz CT molecular complexity index is 993. The molecule has 0 N–H and O–H groups in total. The Kier molecular flexibility index (Phi) is 7.77. The van der Waals surface area contributed by atoms with Crippen LogP contribution in [-0.4, -0.2) is 23.4 Å². The minimum absolute atomic E-state index is 0.0194. The standard InChI is InChI=1S/C20H26O6S2/c1-4-5-6-13-25-28(23,24)20-12-9-17(3)14-18(20)15-26-27(21,22)19-10-7-16(2)8-11-19/h7-12,14H,4-6,13,15H2,1-3H3. The minimum Gasteiger partial charge on any atom is -0.266 e. The van der Waals surface area contributed by atoms with Crippen molar-refractivity contribution >= 4 is 20.2 Å². The molecule has 0 heterocycles. The van der Waals surface area contributed by atoms with Crippen LogP contribution in [-0.2, 0) is 35.2 Å². The van der Waals surface area contributed by atoms with E-state index >= 15 is 0 Å². The lowest BCUT2D eigenvalue weighted by Gasteiger charge is -2.12. The van der Waals surface area contributed by atoms with Crippen molar-refractivity contribution in [2.45, 2.75) is 56.4 Å². The van der Waals surface area contributed by atoms with Crippen LogP contribution in [0.3, 0.4) is 0 Å². The number of rotatable bonds is 10. The summed E-state index contributed by atoms with van der Waals surface area (Å²) in [5, 5.41) is 0. The third-order valence-electron chi connectivity index (χ3n) is 4.15. The van der Waals surface area contributed by atoms with Crippen molar-refractivity contribution in [2.75, 3.05) is 6.61 Å². The van der Waals surface area contributed by atoms with E-state index in [9.17, 15) is 16.8 Å². The maximum Gasteiger partial charge on any atom is 0.297 e. The van der Waals surface area contributed by atoms with Gasteiger partial charge in [0.1, 0.15) is 0 Å². The molecule has 6 nitrogen and oxygen atoms in total. The predicted molar refractivity (Wildman–Crippen MR) is 107 cm³/mol. The van der Waals surface area contributed by atoms with E-state index in [2.05, 4.69) is 0 Å². The van der Waals surface area contributed by atoms with Gasteiger partial charge < -0.3 is 0 Å². The summed E-state index contributed by atoms with van der Waals surface area (Å²) in [6.07, 6.45) is 2.45. The Morgan fingerprint density at radius 2 is 1.43 bits per heavy atom. The lowest BCUT2D eigenvalue weighted by molar-refractivity contribution is 0.295. The van der Waals surface area contributed by atoms with Gasteiger partial charge in [0.05, 0.1) is 23.0 Å². The lowest BCUT2D eigenvalue weighted by atomic mass is 10.1. The average Bonchev–Trinajstić information content (AvgIpc) is 2.64. The van der Waals surface area contributed by atoms with Crippen LogP contribution in [0.15, 0.2) is 52.3 Å². The maximum absolute atomic E-state index is 12.5. The molecule has 0 radical (unpaired) electrons. The van der Waals surface area contributed by atoms with E-state index in [0.717, 1.165) is 24.0 Å². The zero-order valence-electron chi connectivity index (χ0n) is 16.3. The summed E-state index contributed by atoms with van der Waals surface area (Å²) in [4.78, 5) is -0.0559. The number of hydrogen-bond acceptors (Lipinski definition) is 6. The summed E-state index contributed by atoms with van der Waals surface area (Å²) in [6.45, 7) is 5.34. The topological polar surface area (TPSA) is 86.7 Å². The van der Waals surface area contributed by atoms with Crippen LogP contribution in [0.1, 0.15) is 42.9 Å². The molecule has 0 spiro atoms. The summed E-state index contributed by atoms with van der Waals surface area (Å²) < 4.78 is 60.1. The van der Waals surface area contributed by atoms with Gasteiger partial charge in [-0.2, -0.15) is 16.8 Å². The Labute approximate surface area is 167 Å². The average molecular weight is 427 g/mol. The van der Waals surface area contributed by atoms with E-state index in [4.69, 9.17) is 8.37 Å².